The number of imidazole rings is 1. The molecule has 4 aliphatic carbocycles. The number of hydrogen-bond acceptors (Lipinski definition) is 2. The first kappa shape index (κ1) is 17.0. The third-order valence-corrected chi connectivity index (χ3v) is 8.12. The summed E-state index contributed by atoms with van der Waals surface area (Å²) in [7, 11) is 0. The van der Waals surface area contributed by atoms with Crippen molar-refractivity contribution in [3.8, 4) is 0 Å². The molecule has 0 spiro atoms. The van der Waals surface area contributed by atoms with Gasteiger partial charge in [0.05, 0.1) is 16.4 Å². The van der Waals surface area contributed by atoms with Crippen LogP contribution in [0.4, 0.5) is 4.39 Å². The third kappa shape index (κ3) is 2.61. The van der Waals surface area contributed by atoms with Crippen LogP contribution < -0.4 is 0 Å². The molecule has 4 nitrogen and oxygen atoms in total. The van der Waals surface area contributed by atoms with E-state index in [0.717, 1.165) is 79.8 Å². The number of fused-ring (bicyclic) bond motifs is 1. The lowest BCUT2D eigenvalue weighted by Crippen LogP contribution is -2.55. The number of halogens is 1. The molecule has 0 radical (unpaired) electrons. The molecule has 1 aromatic heterocycles. The molecular formula is C23H28FN3O. The molecule has 4 bridgehead atoms. The normalized spacial score (nSPS) is 35.0. The van der Waals surface area contributed by atoms with Crippen molar-refractivity contribution >= 4 is 16.9 Å². The number of rotatable bonds is 2. The number of aromatic nitrogens is 2. The topological polar surface area (TPSA) is 49.0 Å². The van der Waals surface area contributed by atoms with Gasteiger partial charge < -0.3 is 9.88 Å². The van der Waals surface area contributed by atoms with E-state index in [4.69, 9.17) is 0 Å². The summed E-state index contributed by atoms with van der Waals surface area (Å²) in [5.74, 6) is 3.92. The number of piperidine rings is 1. The Labute approximate surface area is 164 Å². The van der Waals surface area contributed by atoms with E-state index in [1.54, 1.807) is 6.07 Å². The first-order chi connectivity index (χ1) is 13.6. The van der Waals surface area contributed by atoms with Crippen LogP contribution in [0, 0.1) is 29.0 Å². The monoisotopic (exact) mass is 381 g/mol. The second kappa shape index (κ2) is 6.04. The number of nitrogens with zero attached hydrogens (tertiary/aromatic N) is 2. The number of benzene rings is 1. The van der Waals surface area contributed by atoms with E-state index in [1.165, 1.54) is 31.4 Å². The van der Waals surface area contributed by atoms with Gasteiger partial charge >= 0.3 is 0 Å². The van der Waals surface area contributed by atoms with Crippen LogP contribution in [0.3, 0.4) is 0 Å². The van der Waals surface area contributed by atoms with Gasteiger partial charge in [-0.25, -0.2) is 9.37 Å². The molecule has 0 atom stereocenters. The first-order valence-corrected chi connectivity index (χ1v) is 11.0. The minimum absolute atomic E-state index is 0.0293. The Morgan fingerprint density at radius 2 is 1.71 bits per heavy atom. The van der Waals surface area contributed by atoms with E-state index in [2.05, 4.69) is 14.9 Å². The van der Waals surface area contributed by atoms with Crippen LogP contribution in [0.15, 0.2) is 18.2 Å². The fraction of sp³-hybridized carbons (Fsp3) is 0.652. The minimum Gasteiger partial charge on any atom is -0.342 e. The zero-order chi connectivity index (χ0) is 18.9. The first-order valence-electron chi connectivity index (χ1n) is 11.0. The molecule has 7 rings (SSSR count). The number of amides is 1. The van der Waals surface area contributed by atoms with Crippen LogP contribution >= 0.6 is 0 Å². The second-order valence-electron chi connectivity index (χ2n) is 10.0. The average Bonchev–Trinajstić information content (AvgIpc) is 3.09. The largest absolute Gasteiger partial charge is 0.342 e. The van der Waals surface area contributed by atoms with E-state index < -0.39 is 0 Å². The summed E-state index contributed by atoms with van der Waals surface area (Å²) < 4.78 is 13.4. The van der Waals surface area contributed by atoms with Crippen LogP contribution in [0.25, 0.3) is 11.0 Å². The Morgan fingerprint density at radius 1 is 1.07 bits per heavy atom. The van der Waals surface area contributed by atoms with Gasteiger partial charge in [-0.05, 0) is 87.3 Å². The lowest BCUT2D eigenvalue weighted by Gasteiger charge is -2.57. The highest BCUT2D eigenvalue weighted by atomic mass is 19.1. The highest BCUT2D eigenvalue weighted by Crippen LogP contribution is 2.60. The fourth-order valence-electron chi connectivity index (χ4n) is 7.26. The molecule has 2 heterocycles. The van der Waals surface area contributed by atoms with Crippen molar-refractivity contribution in [2.75, 3.05) is 13.1 Å². The molecule has 5 aliphatic rings. The Morgan fingerprint density at radius 3 is 2.36 bits per heavy atom. The summed E-state index contributed by atoms with van der Waals surface area (Å²) in [6.07, 6.45) is 9.46. The smallest absolute Gasteiger partial charge is 0.228 e. The third-order valence-electron chi connectivity index (χ3n) is 8.12. The number of aromatic amines is 1. The fourth-order valence-corrected chi connectivity index (χ4v) is 7.26. The van der Waals surface area contributed by atoms with Gasteiger partial charge in [0, 0.05) is 19.0 Å². The molecule has 5 heteroatoms. The Hall–Kier alpha value is -1.91. The summed E-state index contributed by atoms with van der Waals surface area (Å²) >= 11 is 0. The number of carbonyl (C=O) groups is 1. The number of H-pyrrole nitrogens is 1. The van der Waals surface area contributed by atoms with Gasteiger partial charge in [-0.2, -0.15) is 0 Å². The zero-order valence-electron chi connectivity index (χ0n) is 16.3. The molecule has 2 aromatic rings. The summed E-state index contributed by atoms with van der Waals surface area (Å²) in [6, 6.07) is 4.70. The van der Waals surface area contributed by atoms with Crippen LogP contribution in [0.1, 0.15) is 63.1 Å². The summed E-state index contributed by atoms with van der Waals surface area (Å²) in [5.41, 5.74) is 1.56. The van der Waals surface area contributed by atoms with Gasteiger partial charge in [0.1, 0.15) is 11.6 Å². The van der Waals surface area contributed by atoms with E-state index in [9.17, 15) is 9.18 Å². The summed E-state index contributed by atoms with van der Waals surface area (Å²) in [6.45, 7) is 1.66. The average molecular weight is 381 g/mol. The molecule has 1 saturated heterocycles. The summed E-state index contributed by atoms with van der Waals surface area (Å²) in [4.78, 5) is 23.7. The van der Waals surface area contributed by atoms with Gasteiger partial charge in [-0.1, -0.05) is 0 Å². The lowest BCUT2D eigenvalue weighted by atomic mass is 9.49. The van der Waals surface area contributed by atoms with Gasteiger partial charge in [-0.3, -0.25) is 4.79 Å². The van der Waals surface area contributed by atoms with Gasteiger partial charge in [0.25, 0.3) is 0 Å². The Balaban J connectivity index is 1.16. The van der Waals surface area contributed by atoms with Crippen molar-refractivity contribution in [3.05, 3.63) is 29.8 Å². The highest BCUT2D eigenvalue weighted by Gasteiger charge is 2.55. The maximum atomic E-state index is 13.5. The molecule has 1 N–H and O–H groups in total. The number of likely N-dealkylation sites (tertiary alicyclic amines) is 1. The number of carbonyl (C=O) groups excluding carboxylic acids is 1. The maximum Gasteiger partial charge on any atom is 0.228 e. The molecule has 4 saturated carbocycles. The standard InChI is InChI=1S/C23H28FN3O/c24-18-1-2-19-20(10-18)26-21(25-19)17-3-5-27(6-4-17)22(28)23-11-14-7-15(12-23)9-16(8-14)13-23/h1-2,10,14-17H,3-9,11-13H2,(H,25,26). The second-order valence-corrected chi connectivity index (χ2v) is 10.0. The minimum atomic E-state index is -0.237. The number of nitrogens with one attached hydrogen (secondary N) is 1. The molecule has 1 amide bonds. The molecule has 148 valence electrons. The van der Waals surface area contributed by atoms with E-state index in [-0.39, 0.29) is 11.2 Å². The van der Waals surface area contributed by atoms with Crippen molar-refractivity contribution in [2.24, 2.45) is 23.2 Å². The van der Waals surface area contributed by atoms with Crippen molar-refractivity contribution in [1.82, 2.24) is 14.9 Å². The van der Waals surface area contributed by atoms with Gasteiger partial charge in [0.2, 0.25) is 5.91 Å². The van der Waals surface area contributed by atoms with E-state index >= 15 is 0 Å². The Kier molecular flexibility index (Phi) is 3.67. The van der Waals surface area contributed by atoms with E-state index in [0.29, 0.717) is 11.8 Å². The van der Waals surface area contributed by atoms with Crippen molar-refractivity contribution < 1.29 is 9.18 Å². The molecule has 1 aromatic carbocycles. The van der Waals surface area contributed by atoms with Crippen molar-refractivity contribution in [3.63, 3.8) is 0 Å². The summed E-state index contributed by atoms with van der Waals surface area (Å²) in [5, 5.41) is 0. The quantitative estimate of drug-likeness (QED) is 0.825. The zero-order valence-corrected chi connectivity index (χ0v) is 16.3. The van der Waals surface area contributed by atoms with Crippen LogP contribution in [0.2, 0.25) is 0 Å². The van der Waals surface area contributed by atoms with Crippen molar-refractivity contribution in [1.29, 1.82) is 0 Å². The molecule has 1 aliphatic heterocycles. The van der Waals surface area contributed by atoms with Crippen LogP contribution in [-0.4, -0.2) is 33.9 Å². The van der Waals surface area contributed by atoms with Crippen LogP contribution in [0.5, 0.6) is 0 Å². The molecular weight excluding hydrogens is 353 g/mol. The van der Waals surface area contributed by atoms with Crippen LogP contribution in [-0.2, 0) is 4.79 Å². The molecule has 0 unspecified atom stereocenters. The Bertz CT molecular complexity index is 892. The predicted molar refractivity (Wildman–Crippen MR) is 105 cm³/mol. The van der Waals surface area contributed by atoms with Gasteiger partial charge in [-0.15, -0.1) is 0 Å². The predicted octanol–water partition coefficient (Wildman–Crippen LogP) is 4.62. The SMILES string of the molecule is O=C(N1CCC(c2nc3ccc(F)cc3[nH]2)CC1)C12CC3CC(CC(C3)C1)C2. The van der Waals surface area contributed by atoms with Crippen molar-refractivity contribution in [2.45, 2.75) is 57.3 Å². The van der Waals surface area contributed by atoms with E-state index in [1.807, 2.05) is 0 Å². The molecule has 28 heavy (non-hydrogen) atoms. The maximum absolute atomic E-state index is 13.5. The highest BCUT2D eigenvalue weighted by molar-refractivity contribution is 5.83. The van der Waals surface area contributed by atoms with Gasteiger partial charge in [0.15, 0.2) is 0 Å². The lowest BCUT2D eigenvalue weighted by molar-refractivity contribution is -0.158. The molecule has 5 fully saturated rings. The number of hydrogen-bond donors (Lipinski definition) is 1.